The van der Waals surface area contributed by atoms with Crippen LogP contribution in [0.3, 0.4) is 0 Å². The van der Waals surface area contributed by atoms with Crippen LogP contribution in [-0.2, 0) is 4.74 Å². The maximum absolute atomic E-state index is 12.3. The second kappa shape index (κ2) is 5.30. The molecule has 20 heavy (non-hydrogen) atoms. The second-order valence-corrected chi connectivity index (χ2v) is 6.22. The lowest BCUT2D eigenvalue weighted by molar-refractivity contribution is -0.0841. The molecule has 0 unspecified atom stereocenters. The first-order chi connectivity index (χ1) is 9.62. The van der Waals surface area contributed by atoms with Crippen LogP contribution in [-0.4, -0.2) is 47.1 Å². The first kappa shape index (κ1) is 13.8. The minimum Gasteiger partial charge on any atom is -0.381 e. The third-order valence-corrected chi connectivity index (χ3v) is 4.77. The number of aromatic nitrogens is 2. The number of halogens is 1. The van der Waals surface area contributed by atoms with E-state index >= 15 is 0 Å². The van der Waals surface area contributed by atoms with Gasteiger partial charge < -0.3 is 9.64 Å². The van der Waals surface area contributed by atoms with Crippen molar-refractivity contribution in [2.75, 3.05) is 20.2 Å². The average Bonchev–Trinajstić information content (AvgIpc) is 2.45. The van der Waals surface area contributed by atoms with Crippen molar-refractivity contribution < 1.29 is 9.53 Å². The fourth-order valence-electron chi connectivity index (χ4n) is 3.23. The number of piperidine rings is 1. The molecule has 108 valence electrons. The molecule has 1 spiro atoms. The van der Waals surface area contributed by atoms with E-state index in [0.717, 1.165) is 38.8 Å². The lowest BCUT2D eigenvalue weighted by Gasteiger charge is -2.51. The molecular formula is C14H18ClN3O2. The number of hydrogen-bond acceptors (Lipinski definition) is 4. The third-order valence-electron chi connectivity index (χ3n) is 4.58. The number of carbonyl (C=O) groups excluding carboxylic acids is 1. The largest absolute Gasteiger partial charge is 0.381 e. The molecule has 0 atom stereocenters. The summed E-state index contributed by atoms with van der Waals surface area (Å²) in [4.78, 5) is 22.1. The van der Waals surface area contributed by atoms with Gasteiger partial charge >= 0.3 is 0 Å². The Hall–Kier alpha value is -1.20. The molecule has 1 aliphatic heterocycles. The predicted octanol–water partition coefficient (Wildman–Crippen LogP) is 2.16. The number of nitrogens with zero attached hydrogens (tertiary/aromatic N) is 3. The van der Waals surface area contributed by atoms with Crippen LogP contribution in [0.2, 0.25) is 5.02 Å². The summed E-state index contributed by atoms with van der Waals surface area (Å²) in [5.41, 5.74) is 0.401. The molecule has 0 aromatic carbocycles. The molecule has 5 nitrogen and oxygen atoms in total. The zero-order valence-corrected chi connectivity index (χ0v) is 12.3. The van der Waals surface area contributed by atoms with Crippen molar-refractivity contribution in [3.8, 4) is 0 Å². The van der Waals surface area contributed by atoms with Gasteiger partial charge in [0.05, 0.1) is 11.1 Å². The summed E-state index contributed by atoms with van der Waals surface area (Å²) in [6, 6.07) is 0. The van der Waals surface area contributed by atoms with E-state index in [0.29, 0.717) is 16.5 Å². The van der Waals surface area contributed by atoms with Gasteiger partial charge in [0.2, 0.25) is 5.82 Å². The SMILES string of the molecule is COC1CC2(CCN(C(=O)c3ncc(Cl)cn3)CC2)C1. The van der Waals surface area contributed by atoms with E-state index < -0.39 is 0 Å². The molecule has 2 aliphatic rings. The van der Waals surface area contributed by atoms with Crippen molar-refractivity contribution in [3.05, 3.63) is 23.2 Å². The normalized spacial score (nSPS) is 21.8. The minimum atomic E-state index is -0.0980. The van der Waals surface area contributed by atoms with Gasteiger partial charge in [0.25, 0.3) is 5.91 Å². The van der Waals surface area contributed by atoms with Gasteiger partial charge in [0.1, 0.15) is 0 Å². The van der Waals surface area contributed by atoms with Crippen LogP contribution in [0.25, 0.3) is 0 Å². The van der Waals surface area contributed by atoms with Gasteiger partial charge in [-0.05, 0) is 31.1 Å². The quantitative estimate of drug-likeness (QED) is 0.839. The molecule has 1 saturated carbocycles. The highest BCUT2D eigenvalue weighted by atomic mass is 35.5. The maximum atomic E-state index is 12.3. The van der Waals surface area contributed by atoms with Crippen LogP contribution in [0.15, 0.2) is 12.4 Å². The number of rotatable bonds is 2. The fraction of sp³-hybridized carbons (Fsp3) is 0.643. The topological polar surface area (TPSA) is 55.3 Å². The lowest BCUT2D eigenvalue weighted by atomic mass is 9.61. The molecule has 6 heteroatoms. The van der Waals surface area contributed by atoms with E-state index in [1.807, 2.05) is 4.90 Å². The Kier molecular flexibility index (Phi) is 3.65. The first-order valence-electron chi connectivity index (χ1n) is 6.91. The van der Waals surface area contributed by atoms with E-state index in [2.05, 4.69) is 9.97 Å². The number of ether oxygens (including phenoxy) is 1. The lowest BCUT2D eigenvalue weighted by Crippen LogP contribution is -2.51. The summed E-state index contributed by atoms with van der Waals surface area (Å²) < 4.78 is 5.36. The van der Waals surface area contributed by atoms with Crippen LogP contribution in [0.1, 0.15) is 36.3 Å². The highest BCUT2D eigenvalue weighted by Gasteiger charge is 2.46. The monoisotopic (exact) mass is 295 g/mol. The van der Waals surface area contributed by atoms with Crippen LogP contribution in [0, 0.1) is 5.41 Å². The van der Waals surface area contributed by atoms with Gasteiger partial charge in [-0.3, -0.25) is 4.79 Å². The number of methoxy groups -OCH3 is 1. The van der Waals surface area contributed by atoms with E-state index in [-0.39, 0.29) is 11.7 Å². The smallest absolute Gasteiger partial charge is 0.291 e. The standard InChI is InChI=1S/C14H18ClN3O2/c1-20-11-6-14(7-11)2-4-18(5-3-14)13(19)12-16-8-10(15)9-17-12/h8-9,11H,2-7H2,1H3. The van der Waals surface area contributed by atoms with Gasteiger partial charge in [-0.25, -0.2) is 9.97 Å². The molecule has 3 rings (SSSR count). The predicted molar refractivity (Wildman–Crippen MR) is 74.6 cm³/mol. The van der Waals surface area contributed by atoms with Crippen molar-refractivity contribution >= 4 is 17.5 Å². The van der Waals surface area contributed by atoms with Crippen molar-refractivity contribution in [2.24, 2.45) is 5.41 Å². The molecule has 0 bridgehead atoms. The molecule has 2 fully saturated rings. The van der Waals surface area contributed by atoms with E-state index in [4.69, 9.17) is 16.3 Å². The first-order valence-corrected chi connectivity index (χ1v) is 7.29. The minimum absolute atomic E-state index is 0.0980. The summed E-state index contributed by atoms with van der Waals surface area (Å²) in [5, 5.41) is 0.444. The Morgan fingerprint density at radius 1 is 1.35 bits per heavy atom. The van der Waals surface area contributed by atoms with E-state index in [9.17, 15) is 4.79 Å². The summed E-state index contributed by atoms with van der Waals surface area (Å²) in [6.07, 6.45) is 7.69. The van der Waals surface area contributed by atoms with Gasteiger partial charge in [0, 0.05) is 32.6 Å². The molecule has 1 saturated heterocycles. The zero-order chi connectivity index (χ0) is 14.2. The zero-order valence-electron chi connectivity index (χ0n) is 11.5. The number of amides is 1. The Balaban J connectivity index is 1.58. The van der Waals surface area contributed by atoms with Crippen LogP contribution < -0.4 is 0 Å². The van der Waals surface area contributed by atoms with Gasteiger partial charge in [0.15, 0.2) is 0 Å². The Bertz CT molecular complexity index is 490. The van der Waals surface area contributed by atoms with E-state index in [1.165, 1.54) is 12.4 Å². The highest BCUT2D eigenvalue weighted by molar-refractivity contribution is 6.30. The summed E-state index contributed by atoms with van der Waals surface area (Å²) in [5.74, 6) is 0.132. The number of carbonyl (C=O) groups is 1. The molecule has 1 aliphatic carbocycles. The Morgan fingerprint density at radius 2 is 1.95 bits per heavy atom. The molecule has 0 radical (unpaired) electrons. The maximum Gasteiger partial charge on any atom is 0.291 e. The number of likely N-dealkylation sites (tertiary alicyclic amines) is 1. The van der Waals surface area contributed by atoms with Gasteiger partial charge in [-0.2, -0.15) is 0 Å². The molecule has 1 amide bonds. The molecule has 2 heterocycles. The second-order valence-electron chi connectivity index (χ2n) is 5.78. The summed E-state index contributed by atoms with van der Waals surface area (Å²) >= 11 is 5.73. The van der Waals surface area contributed by atoms with Gasteiger partial charge in [-0.1, -0.05) is 11.6 Å². The van der Waals surface area contributed by atoms with Crippen molar-refractivity contribution in [3.63, 3.8) is 0 Å². The van der Waals surface area contributed by atoms with E-state index in [1.54, 1.807) is 7.11 Å². The highest BCUT2D eigenvalue weighted by Crippen LogP contribution is 2.50. The van der Waals surface area contributed by atoms with Crippen LogP contribution >= 0.6 is 11.6 Å². The Labute approximate surface area is 123 Å². The third kappa shape index (κ3) is 2.52. The Morgan fingerprint density at radius 3 is 2.50 bits per heavy atom. The molecule has 0 N–H and O–H groups in total. The fourth-order valence-corrected chi connectivity index (χ4v) is 3.33. The van der Waals surface area contributed by atoms with Crippen molar-refractivity contribution in [2.45, 2.75) is 31.8 Å². The van der Waals surface area contributed by atoms with Crippen molar-refractivity contribution in [1.29, 1.82) is 0 Å². The summed E-state index contributed by atoms with van der Waals surface area (Å²) in [7, 11) is 1.77. The van der Waals surface area contributed by atoms with Crippen LogP contribution in [0.5, 0.6) is 0 Å². The van der Waals surface area contributed by atoms with Crippen LogP contribution in [0.4, 0.5) is 0 Å². The average molecular weight is 296 g/mol. The molecule has 1 aromatic heterocycles. The van der Waals surface area contributed by atoms with Crippen molar-refractivity contribution in [1.82, 2.24) is 14.9 Å². The molecular weight excluding hydrogens is 278 g/mol. The molecule has 1 aromatic rings. The van der Waals surface area contributed by atoms with Gasteiger partial charge in [-0.15, -0.1) is 0 Å². The summed E-state index contributed by atoms with van der Waals surface area (Å²) in [6.45, 7) is 1.56. The number of hydrogen-bond donors (Lipinski definition) is 0.